The molecule has 4 nitrogen and oxygen atoms in total. The van der Waals surface area contributed by atoms with E-state index in [1.165, 1.54) is 12.4 Å². The van der Waals surface area contributed by atoms with Gasteiger partial charge in [-0.2, -0.15) is 8.78 Å². The molecule has 0 aliphatic heterocycles. The maximum absolute atomic E-state index is 13.3. The van der Waals surface area contributed by atoms with Crippen molar-refractivity contribution in [3.8, 4) is 0 Å². The van der Waals surface area contributed by atoms with E-state index in [1.54, 1.807) is 30.4 Å². The van der Waals surface area contributed by atoms with Crippen molar-refractivity contribution in [2.75, 3.05) is 5.32 Å². The predicted octanol–water partition coefficient (Wildman–Crippen LogP) is 5.38. The number of carbonyl (C=O) groups is 1. The lowest BCUT2D eigenvalue weighted by Crippen LogP contribution is -2.07. The van der Waals surface area contributed by atoms with Gasteiger partial charge in [0.25, 0.3) is 0 Å². The Bertz CT molecular complexity index is 994. The molecule has 0 saturated heterocycles. The van der Waals surface area contributed by atoms with E-state index in [0.29, 0.717) is 21.7 Å². The normalized spacial score (nSPS) is 11.4. The van der Waals surface area contributed by atoms with Crippen LogP contribution in [0.5, 0.6) is 0 Å². The smallest absolute Gasteiger partial charge is 0.320 e. The first-order chi connectivity index (χ1) is 12.5. The summed E-state index contributed by atoms with van der Waals surface area (Å²) in [5, 5.41) is 3.69. The Morgan fingerprint density at radius 1 is 1.27 bits per heavy atom. The van der Waals surface area contributed by atoms with Crippen LogP contribution in [0.15, 0.2) is 55.4 Å². The second-order valence-electron chi connectivity index (χ2n) is 5.44. The first-order valence-corrected chi connectivity index (χ1v) is 8.01. The van der Waals surface area contributed by atoms with E-state index in [-0.39, 0.29) is 5.65 Å². The van der Waals surface area contributed by atoms with Crippen molar-refractivity contribution in [3.63, 3.8) is 0 Å². The number of nitrogens with one attached hydrogen (secondary N) is 1. The quantitative estimate of drug-likeness (QED) is 0.610. The molecular formula is C19H14ClF2N3O. The molecule has 0 spiro atoms. The zero-order valence-corrected chi connectivity index (χ0v) is 14.3. The van der Waals surface area contributed by atoms with Crippen LogP contribution in [0.4, 0.5) is 14.5 Å². The van der Waals surface area contributed by atoms with Crippen LogP contribution < -0.4 is 5.32 Å². The molecule has 0 aliphatic carbocycles. The lowest BCUT2D eigenvalue weighted by atomic mass is 10.1. The van der Waals surface area contributed by atoms with Crippen molar-refractivity contribution in [2.45, 2.75) is 6.55 Å². The molecule has 2 heterocycles. The highest BCUT2D eigenvalue weighted by molar-refractivity contribution is 6.30. The summed E-state index contributed by atoms with van der Waals surface area (Å²) in [4.78, 5) is 15.5. The van der Waals surface area contributed by atoms with Gasteiger partial charge in [0, 0.05) is 22.2 Å². The minimum Gasteiger partial charge on any atom is -0.321 e. The Kier molecular flexibility index (Phi) is 5.14. The number of pyridine rings is 1. The summed E-state index contributed by atoms with van der Waals surface area (Å²) in [6, 6.07) is 8.73. The fourth-order valence-electron chi connectivity index (χ4n) is 2.46. The molecular weight excluding hydrogens is 360 g/mol. The Morgan fingerprint density at radius 3 is 2.65 bits per heavy atom. The summed E-state index contributed by atoms with van der Waals surface area (Å²) in [7, 11) is 0. The molecule has 0 radical (unpaired) electrons. The zero-order valence-electron chi connectivity index (χ0n) is 13.5. The van der Waals surface area contributed by atoms with Gasteiger partial charge in [-0.1, -0.05) is 42.5 Å². The van der Waals surface area contributed by atoms with E-state index in [1.807, 2.05) is 12.1 Å². The third-order valence-electron chi connectivity index (χ3n) is 3.69. The van der Waals surface area contributed by atoms with Crippen LogP contribution in [0.1, 0.15) is 17.7 Å². The number of halogens is 3. The zero-order chi connectivity index (χ0) is 18.7. The molecule has 3 rings (SSSR count). The number of benzene rings is 1. The minimum atomic E-state index is -2.73. The number of amides is 1. The summed E-state index contributed by atoms with van der Waals surface area (Å²) in [6.45, 7) is 0.651. The summed E-state index contributed by atoms with van der Waals surface area (Å²) < 4.78 is 27.4. The Labute approximate surface area is 153 Å². The molecule has 0 atom stereocenters. The first kappa shape index (κ1) is 17.8. The standard InChI is InChI=1S/C19H14ClF2N3O/c1-2-17(26)24-15-9-16-13(6-3-12-4-7-14(20)8-5-12)11-25(19(21)22)18(16)23-10-15/h2-11,19H,1H2,(H,24,26)/b6-3+. The molecule has 7 heteroatoms. The van der Waals surface area contributed by atoms with Gasteiger partial charge in [-0.15, -0.1) is 0 Å². The number of anilines is 1. The van der Waals surface area contributed by atoms with Gasteiger partial charge < -0.3 is 5.32 Å². The molecule has 0 aliphatic rings. The number of hydrogen-bond acceptors (Lipinski definition) is 2. The van der Waals surface area contributed by atoms with E-state index in [4.69, 9.17) is 11.6 Å². The van der Waals surface area contributed by atoms with Crippen molar-refractivity contribution < 1.29 is 13.6 Å². The highest BCUT2D eigenvalue weighted by Gasteiger charge is 2.15. The van der Waals surface area contributed by atoms with Crippen molar-refractivity contribution in [3.05, 3.63) is 71.5 Å². The summed E-state index contributed by atoms with van der Waals surface area (Å²) in [5.74, 6) is -0.405. The van der Waals surface area contributed by atoms with Crippen LogP contribution in [0.2, 0.25) is 5.02 Å². The molecule has 132 valence electrons. The van der Waals surface area contributed by atoms with Crippen LogP contribution in [0.25, 0.3) is 23.2 Å². The molecule has 3 aromatic rings. The van der Waals surface area contributed by atoms with Crippen LogP contribution in [-0.2, 0) is 4.79 Å². The Balaban J connectivity index is 2.04. The number of rotatable bonds is 5. The molecule has 1 aromatic carbocycles. The van der Waals surface area contributed by atoms with Gasteiger partial charge in [-0.05, 0) is 29.8 Å². The number of aromatic nitrogens is 2. The van der Waals surface area contributed by atoms with Crippen molar-refractivity contribution in [1.82, 2.24) is 9.55 Å². The first-order valence-electron chi connectivity index (χ1n) is 7.64. The monoisotopic (exact) mass is 373 g/mol. The van der Waals surface area contributed by atoms with E-state index in [2.05, 4.69) is 16.9 Å². The lowest BCUT2D eigenvalue weighted by molar-refractivity contribution is -0.111. The maximum Gasteiger partial charge on any atom is 0.320 e. The minimum absolute atomic E-state index is 0.132. The maximum atomic E-state index is 13.3. The van der Waals surface area contributed by atoms with Gasteiger partial charge >= 0.3 is 6.55 Å². The fraction of sp³-hybridized carbons (Fsp3) is 0.0526. The van der Waals surface area contributed by atoms with Crippen molar-refractivity contribution in [1.29, 1.82) is 0 Å². The van der Waals surface area contributed by atoms with E-state index in [9.17, 15) is 13.6 Å². The second-order valence-corrected chi connectivity index (χ2v) is 5.88. The van der Waals surface area contributed by atoms with Crippen LogP contribution in [-0.4, -0.2) is 15.5 Å². The highest BCUT2D eigenvalue weighted by atomic mass is 35.5. The SMILES string of the molecule is C=CC(=O)Nc1cnc2c(c1)c(/C=C/c1ccc(Cl)cc1)cn2C(F)F. The third-order valence-corrected chi connectivity index (χ3v) is 3.94. The van der Waals surface area contributed by atoms with Crippen molar-refractivity contribution >= 4 is 46.4 Å². The lowest BCUT2D eigenvalue weighted by Gasteiger charge is -2.04. The van der Waals surface area contributed by atoms with Gasteiger partial charge in [0.2, 0.25) is 5.91 Å². The Morgan fingerprint density at radius 2 is 2.00 bits per heavy atom. The number of hydrogen-bond donors (Lipinski definition) is 1. The molecule has 1 amide bonds. The average molecular weight is 374 g/mol. The molecule has 0 saturated carbocycles. The summed E-state index contributed by atoms with van der Waals surface area (Å²) >= 11 is 5.86. The van der Waals surface area contributed by atoms with E-state index >= 15 is 0 Å². The average Bonchev–Trinajstić information content (AvgIpc) is 2.99. The number of alkyl halides is 2. The predicted molar refractivity (Wildman–Crippen MR) is 100 cm³/mol. The summed E-state index contributed by atoms with van der Waals surface area (Å²) in [6.07, 6.45) is 7.28. The number of carbonyl (C=O) groups excluding carboxylic acids is 1. The van der Waals surface area contributed by atoms with Gasteiger partial charge in [0.05, 0.1) is 11.9 Å². The van der Waals surface area contributed by atoms with Gasteiger partial charge in [-0.3, -0.25) is 9.36 Å². The second kappa shape index (κ2) is 7.49. The summed E-state index contributed by atoms with van der Waals surface area (Å²) in [5.41, 5.74) is 1.96. The van der Waals surface area contributed by atoms with Gasteiger partial charge in [0.15, 0.2) is 0 Å². The van der Waals surface area contributed by atoms with Crippen LogP contribution >= 0.6 is 11.6 Å². The molecule has 26 heavy (non-hydrogen) atoms. The molecule has 1 N–H and O–H groups in total. The Hall–Kier alpha value is -2.99. The van der Waals surface area contributed by atoms with Crippen LogP contribution in [0, 0.1) is 0 Å². The number of nitrogens with zero attached hydrogens (tertiary/aromatic N) is 2. The third kappa shape index (κ3) is 3.81. The molecule has 0 unspecified atom stereocenters. The fourth-order valence-corrected chi connectivity index (χ4v) is 2.59. The van der Waals surface area contributed by atoms with Crippen LogP contribution in [0.3, 0.4) is 0 Å². The largest absolute Gasteiger partial charge is 0.321 e. The molecule has 2 aromatic heterocycles. The topological polar surface area (TPSA) is 46.9 Å². The molecule has 0 bridgehead atoms. The van der Waals surface area contributed by atoms with Gasteiger partial charge in [0.1, 0.15) is 5.65 Å². The highest BCUT2D eigenvalue weighted by Crippen LogP contribution is 2.28. The van der Waals surface area contributed by atoms with E-state index < -0.39 is 12.5 Å². The van der Waals surface area contributed by atoms with E-state index in [0.717, 1.165) is 16.2 Å². The molecule has 0 fully saturated rings. The number of fused-ring (bicyclic) bond motifs is 1. The van der Waals surface area contributed by atoms with Gasteiger partial charge in [-0.25, -0.2) is 4.98 Å². The van der Waals surface area contributed by atoms with Crippen molar-refractivity contribution in [2.24, 2.45) is 0 Å².